The number of benzene rings is 5. The molecule has 0 saturated carbocycles. The van der Waals surface area contributed by atoms with Gasteiger partial charge in [-0.25, -0.2) is 4.79 Å². The molecular weight excluding hydrogens is 572 g/mol. The third kappa shape index (κ3) is 10.1. The van der Waals surface area contributed by atoms with Gasteiger partial charge in [0, 0.05) is 12.1 Å². The zero-order valence-corrected chi connectivity index (χ0v) is 24.5. The SMILES string of the molecule is C=CC(=O)OC(COc1ccc(Oc2ccccc2)cc1)COc1cccc(OCOc2ccc(Oc3ccccc3)cc2)c1. The molecule has 1 unspecified atom stereocenters. The fraction of sp³-hybridized carbons (Fsp3) is 0.108. The molecule has 0 N–H and O–H groups in total. The number of hydrogen-bond donors (Lipinski definition) is 0. The van der Waals surface area contributed by atoms with E-state index in [4.69, 9.17) is 33.2 Å². The lowest BCUT2D eigenvalue weighted by Crippen LogP contribution is -2.30. The minimum atomic E-state index is -0.697. The molecule has 0 heterocycles. The van der Waals surface area contributed by atoms with Gasteiger partial charge in [-0.2, -0.15) is 0 Å². The van der Waals surface area contributed by atoms with Gasteiger partial charge in [-0.15, -0.1) is 0 Å². The molecule has 5 aromatic rings. The lowest BCUT2D eigenvalue weighted by Gasteiger charge is -2.19. The maximum absolute atomic E-state index is 11.9. The molecule has 0 saturated heterocycles. The summed E-state index contributed by atoms with van der Waals surface area (Å²) < 4.78 is 40.3. The second-order valence-corrected chi connectivity index (χ2v) is 9.54. The minimum absolute atomic E-state index is 0.00899. The predicted octanol–water partition coefficient (Wildman–Crippen LogP) is 8.24. The zero-order chi connectivity index (χ0) is 31.1. The highest BCUT2D eigenvalue weighted by molar-refractivity contribution is 5.81. The standard InChI is InChI=1S/C37H32O8/c1-2-37(38)45-36(25-39-28-16-20-32(21-17-28)43-30-10-5-3-6-11-30)26-40-34-14-9-15-35(24-34)42-27-41-29-18-22-33(23-19-29)44-31-12-7-4-8-13-31/h2-24,36H,1,25-27H2. The molecule has 5 aromatic carbocycles. The molecule has 8 heteroatoms. The third-order valence-corrected chi connectivity index (χ3v) is 6.18. The second-order valence-electron chi connectivity index (χ2n) is 9.54. The zero-order valence-electron chi connectivity index (χ0n) is 24.5. The molecule has 0 bridgehead atoms. The van der Waals surface area contributed by atoms with E-state index in [-0.39, 0.29) is 20.0 Å². The predicted molar refractivity (Wildman–Crippen MR) is 170 cm³/mol. The van der Waals surface area contributed by atoms with E-state index in [0.29, 0.717) is 34.5 Å². The van der Waals surface area contributed by atoms with E-state index in [9.17, 15) is 4.79 Å². The molecule has 0 aliphatic rings. The Hall–Kier alpha value is -5.89. The van der Waals surface area contributed by atoms with Crippen molar-refractivity contribution < 1.29 is 38.0 Å². The number of carbonyl (C=O) groups excluding carboxylic acids is 1. The lowest BCUT2D eigenvalue weighted by atomic mass is 10.3. The number of para-hydroxylation sites is 2. The van der Waals surface area contributed by atoms with Crippen LogP contribution in [0.25, 0.3) is 0 Å². The number of carbonyl (C=O) groups is 1. The maximum Gasteiger partial charge on any atom is 0.330 e. The van der Waals surface area contributed by atoms with Crippen molar-refractivity contribution in [2.24, 2.45) is 0 Å². The molecule has 0 aromatic heterocycles. The average Bonchev–Trinajstić information content (AvgIpc) is 3.08. The Morgan fingerprint density at radius 1 is 0.511 bits per heavy atom. The first-order valence-corrected chi connectivity index (χ1v) is 14.2. The van der Waals surface area contributed by atoms with E-state index in [2.05, 4.69) is 6.58 Å². The summed E-state index contributed by atoms with van der Waals surface area (Å²) in [6, 6.07) is 40.5. The van der Waals surface area contributed by atoms with Gasteiger partial charge in [-0.3, -0.25) is 0 Å². The molecule has 8 nitrogen and oxygen atoms in total. The smallest absolute Gasteiger partial charge is 0.330 e. The summed E-state index contributed by atoms with van der Waals surface area (Å²) >= 11 is 0. The fourth-order valence-corrected chi connectivity index (χ4v) is 3.98. The summed E-state index contributed by atoms with van der Waals surface area (Å²) in [6.45, 7) is 3.58. The van der Waals surface area contributed by atoms with Gasteiger partial charge >= 0.3 is 5.97 Å². The summed E-state index contributed by atoms with van der Waals surface area (Å²) in [5, 5.41) is 0. The van der Waals surface area contributed by atoms with Gasteiger partial charge in [0.05, 0.1) is 0 Å². The second kappa shape index (κ2) is 16.1. The van der Waals surface area contributed by atoms with E-state index in [1.54, 1.807) is 60.7 Å². The molecular formula is C37H32O8. The Bertz CT molecular complexity index is 1620. The summed E-state index contributed by atoms with van der Waals surface area (Å²) in [5.41, 5.74) is 0. The summed E-state index contributed by atoms with van der Waals surface area (Å²) in [7, 11) is 0. The average molecular weight is 605 g/mol. The van der Waals surface area contributed by atoms with Crippen LogP contribution in [-0.2, 0) is 9.53 Å². The highest BCUT2D eigenvalue weighted by atomic mass is 16.7. The summed E-state index contributed by atoms with van der Waals surface area (Å²) in [6.07, 6.45) is 0.401. The number of esters is 1. The van der Waals surface area contributed by atoms with Crippen LogP contribution in [0.5, 0.6) is 46.0 Å². The lowest BCUT2D eigenvalue weighted by molar-refractivity contribution is -0.146. The number of rotatable bonds is 16. The van der Waals surface area contributed by atoms with Crippen molar-refractivity contribution in [1.29, 1.82) is 0 Å². The first kappa shape index (κ1) is 30.6. The van der Waals surface area contributed by atoms with Crippen molar-refractivity contribution in [3.63, 3.8) is 0 Å². The molecule has 0 spiro atoms. The van der Waals surface area contributed by atoms with Crippen LogP contribution in [0.4, 0.5) is 0 Å². The van der Waals surface area contributed by atoms with E-state index >= 15 is 0 Å². The Labute approximate surface area is 261 Å². The molecule has 0 aliphatic carbocycles. The fourth-order valence-electron chi connectivity index (χ4n) is 3.98. The van der Waals surface area contributed by atoms with Crippen molar-refractivity contribution in [1.82, 2.24) is 0 Å². The van der Waals surface area contributed by atoms with Gasteiger partial charge in [0.25, 0.3) is 0 Å². The van der Waals surface area contributed by atoms with Crippen LogP contribution >= 0.6 is 0 Å². The molecule has 45 heavy (non-hydrogen) atoms. The monoisotopic (exact) mass is 604 g/mol. The van der Waals surface area contributed by atoms with Crippen LogP contribution in [0.2, 0.25) is 0 Å². The van der Waals surface area contributed by atoms with E-state index in [1.807, 2.05) is 72.8 Å². The van der Waals surface area contributed by atoms with Crippen LogP contribution < -0.4 is 28.4 Å². The molecule has 0 amide bonds. The molecule has 228 valence electrons. The van der Waals surface area contributed by atoms with Crippen LogP contribution in [-0.4, -0.2) is 32.1 Å². The Balaban J connectivity index is 1.08. The third-order valence-electron chi connectivity index (χ3n) is 6.18. The van der Waals surface area contributed by atoms with Crippen molar-refractivity contribution in [2.75, 3.05) is 20.0 Å². The van der Waals surface area contributed by atoms with Crippen LogP contribution in [0.1, 0.15) is 0 Å². The van der Waals surface area contributed by atoms with Crippen LogP contribution in [0, 0.1) is 0 Å². The van der Waals surface area contributed by atoms with Gasteiger partial charge in [0.1, 0.15) is 59.2 Å². The Morgan fingerprint density at radius 2 is 0.911 bits per heavy atom. The van der Waals surface area contributed by atoms with Crippen LogP contribution in [0.3, 0.4) is 0 Å². The van der Waals surface area contributed by atoms with Crippen molar-refractivity contribution in [2.45, 2.75) is 6.10 Å². The number of ether oxygens (including phenoxy) is 7. The molecule has 0 radical (unpaired) electrons. The minimum Gasteiger partial charge on any atom is -0.490 e. The molecule has 0 aliphatic heterocycles. The molecule has 1 atom stereocenters. The topological polar surface area (TPSA) is 81.7 Å². The van der Waals surface area contributed by atoms with Gasteiger partial charge in [0.15, 0.2) is 6.10 Å². The van der Waals surface area contributed by atoms with E-state index in [0.717, 1.165) is 17.6 Å². The molecule has 0 fully saturated rings. The highest BCUT2D eigenvalue weighted by Crippen LogP contribution is 2.26. The van der Waals surface area contributed by atoms with Gasteiger partial charge in [-0.1, -0.05) is 49.0 Å². The van der Waals surface area contributed by atoms with Gasteiger partial charge in [-0.05, 0) is 84.9 Å². The van der Waals surface area contributed by atoms with E-state index in [1.165, 1.54) is 0 Å². The largest absolute Gasteiger partial charge is 0.490 e. The Morgan fingerprint density at radius 3 is 1.44 bits per heavy atom. The van der Waals surface area contributed by atoms with Crippen molar-refractivity contribution in [3.8, 4) is 46.0 Å². The van der Waals surface area contributed by atoms with E-state index < -0.39 is 12.1 Å². The normalized spacial score (nSPS) is 11.0. The number of hydrogen-bond acceptors (Lipinski definition) is 8. The van der Waals surface area contributed by atoms with Gasteiger partial charge < -0.3 is 33.2 Å². The van der Waals surface area contributed by atoms with Crippen LogP contribution in [0.15, 0.2) is 146 Å². The van der Waals surface area contributed by atoms with Gasteiger partial charge in [0.2, 0.25) is 6.79 Å². The summed E-state index contributed by atoms with van der Waals surface area (Å²) in [5.74, 6) is 4.58. The van der Waals surface area contributed by atoms with Crippen molar-refractivity contribution in [3.05, 3.63) is 146 Å². The maximum atomic E-state index is 11.9. The summed E-state index contributed by atoms with van der Waals surface area (Å²) in [4.78, 5) is 11.9. The quantitative estimate of drug-likeness (QED) is 0.0633. The first-order chi connectivity index (χ1) is 22.1. The Kier molecular flexibility index (Phi) is 10.9. The highest BCUT2D eigenvalue weighted by Gasteiger charge is 2.16. The first-order valence-electron chi connectivity index (χ1n) is 14.2. The van der Waals surface area contributed by atoms with Crippen molar-refractivity contribution >= 4 is 5.97 Å². The molecule has 5 rings (SSSR count).